The topological polar surface area (TPSA) is 137 Å². The van der Waals surface area contributed by atoms with Gasteiger partial charge >= 0.3 is 5.69 Å². The van der Waals surface area contributed by atoms with Gasteiger partial charge in [-0.25, -0.2) is 4.79 Å². The van der Waals surface area contributed by atoms with Crippen molar-refractivity contribution in [1.82, 2.24) is 9.55 Å². The Kier molecular flexibility index (Phi) is 8.83. The molecule has 1 aliphatic heterocycles. The average molecular weight is 542 g/mol. The minimum atomic E-state index is -0.874. The second kappa shape index (κ2) is 12.1. The van der Waals surface area contributed by atoms with E-state index in [1.54, 1.807) is 24.8 Å². The molecule has 0 spiro atoms. The largest absolute Gasteiger partial charge is 0.390 e. The summed E-state index contributed by atoms with van der Waals surface area (Å²) in [6, 6.07) is 13.4. The van der Waals surface area contributed by atoms with Gasteiger partial charge in [-0.15, -0.1) is 0 Å². The van der Waals surface area contributed by atoms with E-state index in [1.165, 1.54) is 10.8 Å². The Balaban J connectivity index is 1.45. The van der Waals surface area contributed by atoms with E-state index < -0.39 is 29.7 Å². The quantitative estimate of drug-likeness (QED) is 0.291. The van der Waals surface area contributed by atoms with Gasteiger partial charge in [0, 0.05) is 45.5 Å². The van der Waals surface area contributed by atoms with Crippen LogP contribution in [0.25, 0.3) is 0 Å². The van der Waals surface area contributed by atoms with Crippen molar-refractivity contribution in [3.8, 4) is 0 Å². The van der Waals surface area contributed by atoms with E-state index in [9.17, 15) is 24.8 Å². The number of aromatic amines is 1. The number of nitro groups is 1. The van der Waals surface area contributed by atoms with Crippen molar-refractivity contribution in [3.05, 3.63) is 96.3 Å². The normalized spacial score (nSPS) is 19.9. The fourth-order valence-corrected chi connectivity index (χ4v) is 5.52. The molecule has 4 rings (SSSR count). The SMILES string of the molecule is CCc1cc([N+](=O)[O-])c(C(C)COC[C@H]2O[C@@H](n3cc(C)c(=O)[nH]c3=O)C[C@@H]2O)cc1Sc1ccccc1. The van der Waals surface area contributed by atoms with Gasteiger partial charge in [-0.2, -0.15) is 0 Å². The van der Waals surface area contributed by atoms with Crippen LogP contribution in [0.4, 0.5) is 5.69 Å². The van der Waals surface area contributed by atoms with Crippen molar-refractivity contribution in [3.63, 3.8) is 0 Å². The zero-order chi connectivity index (χ0) is 27.4. The summed E-state index contributed by atoms with van der Waals surface area (Å²) in [5.74, 6) is -0.296. The number of nitrogens with zero attached hydrogens (tertiary/aromatic N) is 2. The van der Waals surface area contributed by atoms with Crippen LogP contribution in [0.2, 0.25) is 0 Å². The summed E-state index contributed by atoms with van der Waals surface area (Å²) in [7, 11) is 0. The number of ether oxygens (including phenoxy) is 2. The number of aliphatic hydroxyl groups is 1. The van der Waals surface area contributed by atoms with Crippen LogP contribution < -0.4 is 11.2 Å². The molecule has 38 heavy (non-hydrogen) atoms. The fourth-order valence-electron chi connectivity index (χ4n) is 4.45. The molecule has 1 unspecified atom stereocenters. The zero-order valence-electron chi connectivity index (χ0n) is 21.5. The maximum atomic E-state index is 12.2. The molecule has 3 aromatic rings. The average Bonchev–Trinajstić information content (AvgIpc) is 3.26. The van der Waals surface area contributed by atoms with Crippen LogP contribution in [-0.2, 0) is 15.9 Å². The molecular weight excluding hydrogens is 510 g/mol. The van der Waals surface area contributed by atoms with Crippen molar-refractivity contribution in [1.29, 1.82) is 0 Å². The smallest absolute Gasteiger partial charge is 0.330 e. The molecule has 202 valence electrons. The molecule has 1 saturated heterocycles. The predicted molar refractivity (Wildman–Crippen MR) is 143 cm³/mol. The third-order valence-electron chi connectivity index (χ3n) is 6.60. The Bertz CT molecular complexity index is 1410. The number of hydrogen-bond donors (Lipinski definition) is 2. The second-order valence-electron chi connectivity index (χ2n) is 9.39. The fraction of sp³-hybridized carbons (Fsp3) is 0.407. The Hall–Kier alpha value is -3.25. The minimum absolute atomic E-state index is 0.0472. The summed E-state index contributed by atoms with van der Waals surface area (Å²) in [4.78, 5) is 39.6. The maximum Gasteiger partial charge on any atom is 0.330 e. The van der Waals surface area contributed by atoms with E-state index in [1.807, 2.05) is 50.2 Å². The standard InChI is InChI=1S/C27H31N3O7S/c1-4-18-10-21(30(34)35)20(11-24(18)38-19-8-6-5-7-9-19)17(3)14-36-15-23-22(31)12-25(37-23)29-13-16(2)26(32)28-27(29)33/h5-11,13,17,22-23,25,31H,4,12,14-15H2,1-3H3,(H,28,32,33)/t17?,22-,23+,25+/m0/s1. The summed E-state index contributed by atoms with van der Waals surface area (Å²) >= 11 is 1.57. The Labute approximate surface area is 223 Å². The number of rotatable bonds is 10. The summed E-state index contributed by atoms with van der Waals surface area (Å²) in [6.07, 6.45) is -0.0572. The molecule has 11 heteroatoms. The maximum absolute atomic E-state index is 12.2. The molecule has 2 aromatic carbocycles. The van der Waals surface area contributed by atoms with Gasteiger partial charge in [0.1, 0.15) is 12.3 Å². The molecule has 1 aromatic heterocycles. The lowest BCUT2D eigenvalue weighted by Gasteiger charge is -2.19. The molecular formula is C27H31N3O7S. The van der Waals surface area contributed by atoms with E-state index in [-0.39, 0.29) is 36.2 Å². The van der Waals surface area contributed by atoms with Gasteiger partial charge in [-0.05, 0) is 37.1 Å². The number of nitrogens with one attached hydrogen (secondary N) is 1. The van der Waals surface area contributed by atoms with E-state index >= 15 is 0 Å². The van der Waals surface area contributed by atoms with Crippen molar-refractivity contribution < 1.29 is 19.5 Å². The van der Waals surface area contributed by atoms with Crippen molar-refractivity contribution in [2.75, 3.05) is 13.2 Å². The number of nitro benzene ring substituents is 1. The molecule has 0 radical (unpaired) electrons. The predicted octanol–water partition coefficient (Wildman–Crippen LogP) is 3.94. The third kappa shape index (κ3) is 6.24. The van der Waals surface area contributed by atoms with Gasteiger partial charge in [-0.3, -0.25) is 24.5 Å². The summed E-state index contributed by atoms with van der Waals surface area (Å²) in [6.45, 7) is 5.64. The van der Waals surface area contributed by atoms with E-state index in [2.05, 4.69) is 4.98 Å². The van der Waals surface area contributed by atoms with Gasteiger partial charge in [0.25, 0.3) is 11.2 Å². The lowest BCUT2D eigenvalue weighted by Crippen LogP contribution is -2.33. The molecule has 2 heterocycles. The Morgan fingerprint density at radius 3 is 2.71 bits per heavy atom. The molecule has 2 N–H and O–H groups in total. The van der Waals surface area contributed by atoms with Crippen molar-refractivity contribution >= 4 is 17.4 Å². The van der Waals surface area contributed by atoms with Crippen LogP contribution in [0, 0.1) is 17.0 Å². The minimum Gasteiger partial charge on any atom is -0.390 e. The van der Waals surface area contributed by atoms with E-state index in [0.717, 1.165) is 15.4 Å². The van der Waals surface area contributed by atoms with Gasteiger partial charge < -0.3 is 14.6 Å². The lowest BCUT2D eigenvalue weighted by atomic mass is 9.97. The number of hydrogen-bond acceptors (Lipinski definition) is 8. The monoisotopic (exact) mass is 541 g/mol. The first-order chi connectivity index (χ1) is 18.2. The highest BCUT2D eigenvalue weighted by atomic mass is 32.2. The Morgan fingerprint density at radius 1 is 1.29 bits per heavy atom. The molecule has 1 fully saturated rings. The van der Waals surface area contributed by atoms with Gasteiger partial charge in [0.2, 0.25) is 0 Å². The first kappa shape index (κ1) is 27.8. The molecule has 0 amide bonds. The Morgan fingerprint density at radius 2 is 2.03 bits per heavy atom. The molecule has 10 nitrogen and oxygen atoms in total. The number of aryl methyl sites for hydroxylation is 2. The van der Waals surface area contributed by atoms with Crippen LogP contribution in [0.3, 0.4) is 0 Å². The highest BCUT2D eigenvalue weighted by Gasteiger charge is 2.36. The molecule has 0 bridgehead atoms. The van der Waals surface area contributed by atoms with Crippen LogP contribution in [0.15, 0.2) is 68.0 Å². The number of H-pyrrole nitrogens is 1. The first-order valence-corrected chi connectivity index (χ1v) is 13.3. The first-order valence-electron chi connectivity index (χ1n) is 12.4. The lowest BCUT2D eigenvalue weighted by molar-refractivity contribution is -0.385. The van der Waals surface area contributed by atoms with Crippen LogP contribution >= 0.6 is 11.8 Å². The van der Waals surface area contributed by atoms with Crippen LogP contribution in [0.5, 0.6) is 0 Å². The second-order valence-corrected chi connectivity index (χ2v) is 10.5. The van der Waals surface area contributed by atoms with Gasteiger partial charge in [0.15, 0.2) is 0 Å². The molecule has 4 atom stereocenters. The number of benzene rings is 2. The highest BCUT2D eigenvalue weighted by Crippen LogP contribution is 2.38. The van der Waals surface area contributed by atoms with Gasteiger partial charge in [0.05, 0.1) is 24.2 Å². The van der Waals surface area contributed by atoms with Crippen molar-refractivity contribution in [2.45, 2.75) is 67.8 Å². The number of aliphatic hydroxyl groups excluding tert-OH is 1. The summed E-state index contributed by atoms with van der Waals surface area (Å²) < 4.78 is 13.0. The molecule has 1 aliphatic rings. The van der Waals surface area contributed by atoms with Gasteiger partial charge in [-0.1, -0.05) is 43.8 Å². The molecule has 0 saturated carbocycles. The van der Waals surface area contributed by atoms with Crippen molar-refractivity contribution in [2.24, 2.45) is 0 Å². The third-order valence-corrected chi connectivity index (χ3v) is 7.71. The van der Waals surface area contributed by atoms with E-state index in [0.29, 0.717) is 17.5 Å². The summed E-state index contributed by atoms with van der Waals surface area (Å²) in [5, 5.41) is 22.4. The summed E-state index contributed by atoms with van der Waals surface area (Å²) in [5.41, 5.74) is 0.817. The van der Waals surface area contributed by atoms with Crippen LogP contribution in [-0.4, -0.2) is 45.0 Å². The highest BCUT2D eigenvalue weighted by molar-refractivity contribution is 7.99. The van der Waals surface area contributed by atoms with Crippen LogP contribution in [0.1, 0.15) is 49.1 Å². The zero-order valence-corrected chi connectivity index (χ0v) is 22.3. The number of aromatic nitrogens is 2. The van der Waals surface area contributed by atoms with E-state index in [4.69, 9.17) is 9.47 Å². The molecule has 0 aliphatic carbocycles.